The van der Waals surface area contributed by atoms with E-state index in [0.717, 1.165) is 54.2 Å². The number of aromatic nitrogens is 1. The second-order valence-corrected chi connectivity index (χ2v) is 10.5. The van der Waals surface area contributed by atoms with E-state index in [2.05, 4.69) is 19.1 Å². The fourth-order valence-electron chi connectivity index (χ4n) is 3.14. The molecule has 0 atom stereocenters. The van der Waals surface area contributed by atoms with Crippen molar-refractivity contribution in [3.8, 4) is 11.5 Å². The van der Waals surface area contributed by atoms with Crippen LogP contribution in [0.25, 0.3) is 11.5 Å². The molecule has 0 spiro atoms. The maximum absolute atomic E-state index is 11.3. The van der Waals surface area contributed by atoms with Crippen LogP contribution in [-0.2, 0) is 11.2 Å². The van der Waals surface area contributed by atoms with E-state index >= 15 is 0 Å². The third kappa shape index (κ3) is 5.11. The molecule has 146 valence electrons. The number of carboxylic acids is 1. The zero-order chi connectivity index (χ0) is 19.4. The molecule has 1 aromatic heterocycles. The Hall–Kier alpha value is -1.40. The maximum Gasteiger partial charge on any atom is 0.329 e. The SMILES string of the molecule is Cc1ccc(-c2nc(CCCCC3CSC(C)(C(=O)O)SC3)c(C)o2)cc1. The number of nitrogens with zero attached hydrogens (tertiary/aromatic N) is 1. The van der Waals surface area contributed by atoms with Crippen molar-refractivity contribution >= 4 is 29.5 Å². The predicted octanol–water partition coefficient (Wildman–Crippen LogP) is 5.57. The molecular formula is C21H27NO3S2. The largest absolute Gasteiger partial charge is 0.480 e. The van der Waals surface area contributed by atoms with Gasteiger partial charge in [-0.05, 0) is 69.6 Å². The lowest BCUT2D eigenvalue weighted by atomic mass is 10.0. The van der Waals surface area contributed by atoms with Gasteiger partial charge in [-0.1, -0.05) is 24.1 Å². The predicted molar refractivity (Wildman–Crippen MR) is 113 cm³/mol. The summed E-state index contributed by atoms with van der Waals surface area (Å²) >= 11 is 3.15. The molecule has 1 fully saturated rings. The van der Waals surface area contributed by atoms with Crippen molar-refractivity contribution in [2.75, 3.05) is 11.5 Å². The summed E-state index contributed by atoms with van der Waals surface area (Å²) < 4.78 is 5.19. The van der Waals surface area contributed by atoms with Gasteiger partial charge in [0, 0.05) is 5.56 Å². The summed E-state index contributed by atoms with van der Waals surface area (Å²) in [5.74, 6) is 3.39. The van der Waals surface area contributed by atoms with Crippen molar-refractivity contribution in [2.24, 2.45) is 5.92 Å². The lowest BCUT2D eigenvalue weighted by Gasteiger charge is -2.32. The average molecular weight is 406 g/mol. The monoisotopic (exact) mass is 405 g/mol. The summed E-state index contributed by atoms with van der Waals surface area (Å²) in [5.41, 5.74) is 3.30. The van der Waals surface area contributed by atoms with Crippen LogP contribution in [0.2, 0.25) is 0 Å². The highest BCUT2D eigenvalue weighted by Gasteiger charge is 2.39. The van der Waals surface area contributed by atoms with Crippen molar-refractivity contribution in [1.29, 1.82) is 0 Å². The Morgan fingerprint density at radius 3 is 2.52 bits per heavy atom. The number of hydrogen-bond donors (Lipinski definition) is 1. The van der Waals surface area contributed by atoms with Crippen molar-refractivity contribution in [2.45, 2.75) is 50.5 Å². The smallest absolute Gasteiger partial charge is 0.329 e. The number of hydrogen-bond acceptors (Lipinski definition) is 5. The van der Waals surface area contributed by atoms with E-state index in [-0.39, 0.29) is 0 Å². The summed E-state index contributed by atoms with van der Waals surface area (Å²) in [7, 11) is 0. The minimum Gasteiger partial charge on any atom is -0.480 e. The molecule has 1 aliphatic rings. The quantitative estimate of drug-likeness (QED) is 0.608. The van der Waals surface area contributed by atoms with Crippen LogP contribution < -0.4 is 0 Å². The molecule has 2 aromatic rings. The first-order valence-electron chi connectivity index (χ1n) is 9.42. The summed E-state index contributed by atoms with van der Waals surface area (Å²) in [6, 6.07) is 8.25. The normalized spacial score (nSPS) is 22.7. The zero-order valence-electron chi connectivity index (χ0n) is 16.2. The lowest BCUT2D eigenvalue weighted by Crippen LogP contribution is -2.34. The molecule has 0 radical (unpaired) electrons. The number of unbranched alkanes of at least 4 members (excludes halogenated alkanes) is 1. The van der Waals surface area contributed by atoms with Gasteiger partial charge in [0.15, 0.2) is 4.08 Å². The Labute approximate surface area is 169 Å². The van der Waals surface area contributed by atoms with E-state index in [1.807, 2.05) is 26.0 Å². The Balaban J connectivity index is 1.45. The molecule has 6 heteroatoms. The third-order valence-corrected chi connectivity index (χ3v) is 8.48. The topological polar surface area (TPSA) is 63.3 Å². The molecule has 0 saturated carbocycles. The molecule has 1 N–H and O–H groups in total. The van der Waals surface area contributed by atoms with Crippen LogP contribution in [0.1, 0.15) is 43.2 Å². The van der Waals surface area contributed by atoms with Gasteiger partial charge in [-0.2, -0.15) is 0 Å². The molecule has 4 nitrogen and oxygen atoms in total. The maximum atomic E-state index is 11.3. The molecule has 1 aromatic carbocycles. The van der Waals surface area contributed by atoms with Gasteiger partial charge >= 0.3 is 5.97 Å². The number of thioether (sulfide) groups is 2. The Morgan fingerprint density at radius 2 is 1.89 bits per heavy atom. The summed E-state index contributed by atoms with van der Waals surface area (Å²) in [4.78, 5) is 16.0. The first kappa shape index (κ1) is 20.3. The van der Waals surface area contributed by atoms with E-state index in [4.69, 9.17) is 9.40 Å². The van der Waals surface area contributed by atoms with Crippen molar-refractivity contribution in [3.63, 3.8) is 0 Å². The molecule has 1 saturated heterocycles. The Morgan fingerprint density at radius 1 is 1.22 bits per heavy atom. The number of oxazole rings is 1. The highest BCUT2D eigenvalue weighted by molar-refractivity contribution is 8.19. The van der Waals surface area contributed by atoms with Gasteiger partial charge in [-0.15, -0.1) is 23.5 Å². The van der Waals surface area contributed by atoms with E-state index in [0.29, 0.717) is 11.8 Å². The van der Waals surface area contributed by atoms with Crippen LogP contribution in [0, 0.1) is 19.8 Å². The Bertz CT molecular complexity index is 777. The molecule has 27 heavy (non-hydrogen) atoms. The highest BCUT2D eigenvalue weighted by Crippen LogP contribution is 2.44. The zero-order valence-corrected chi connectivity index (χ0v) is 17.8. The first-order chi connectivity index (χ1) is 12.9. The van der Waals surface area contributed by atoms with E-state index in [1.54, 1.807) is 23.5 Å². The number of benzene rings is 1. The van der Waals surface area contributed by atoms with Gasteiger partial charge in [-0.3, -0.25) is 0 Å². The van der Waals surface area contributed by atoms with Crippen molar-refractivity contribution < 1.29 is 14.3 Å². The number of carbonyl (C=O) groups is 1. The van der Waals surface area contributed by atoms with Crippen LogP contribution in [-0.4, -0.2) is 31.6 Å². The third-order valence-electron chi connectivity index (χ3n) is 5.04. The second kappa shape index (κ2) is 8.74. The van der Waals surface area contributed by atoms with Crippen molar-refractivity contribution in [3.05, 3.63) is 41.3 Å². The van der Waals surface area contributed by atoms with Gasteiger partial charge in [0.25, 0.3) is 0 Å². The summed E-state index contributed by atoms with van der Waals surface area (Å²) in [5, 5.41) is 9.29. The highest BCUT2D eigenvalue weighted by atomic mass is 32.2. The fraction of sp³-hybridized carbons (Fsp3) is 0.524. The fourth-order valence-corrected chi connectivity index (χ4v) is 5.95. The lowest BCUT2D eigenvalue weighted by molar-refractivity contribution is -0.136. The minimum atomic E-state index is -0.707. The van der Waals surface area contributed by atoms with Crippen LogP contribution in [0.3, 0.4) is 0 Å². The van der Waals surface area contributed by atoms with Crippen LogP contribution in [0.15, 0.2) is 28.7 Å². The van der Waals surface area contributed by atoms with E-state index in [9.17, 15) is 9.90 Å². The summed E-state index contributed by atoms with van der Waals surface area (Å²) in [6.07, 6.45) is 4.31. The number of rotatable bonds is 7. The first-order valence-corrected chi connectivity index (χ1v) is 11.4. The second-order valence-electron chi connectivity index (χ2n) is 7.37. The van der Waals surface area contributed by atoms with Gasteiger partial charge in [-0.25, -0.2) is 9.78 Å². The van der Waals surface area contributed by atoms with Gasteiger partial charge < -0.3 is 9.52 Å². The van der Waals surface area contributed by atoms with Crippen LogP contribution >= 0.6 is 23.5 Å². The molecule has 3 rings (SSSR count). The molecule has 2 heterocycles. The van der Waals surface area contributed by atoms with E-state index < -0.39 is 10.0 Å². The molecule has 0 unspecified atom stereocenters. The molecule has 1 aliphatic heterocycles. The van der Waals surface area contributed by atoms with Gasteiger partial charge in [0.1, 0.15) is 5.76 Å². The number of carboxylic acid groups (broad SMARTS) is 1. The van der Waals surface area contributed by atoms with Gasteiger partial charge in [0.2, 0.25) is 5.89 Å². The minimum absolute atomic E-state index is 0.606. The summed E-state index contributed by atoms with van der Waals surface area (Å²) in [6.45, 7) is 5.88. The average Bonchev–Trinajstić information content (AvgIpc) is 3.01. The van der Waals surface area contributed by atoms with Crippen LogP contribution in [0.4, 0.5) is 0 Å². The number of aliphatic carboxylic acids is 1. The van der Waals surface area contributed by atoms with Gasteiger partial charge in [0.05, 0.1) is 5.69 Å². The van der Waals surface area contributed by atoms with Crippen LogP contribution in [0.5, 0.6) is 0 Å². The molecule has 0 bridgehead atoms. The number of aryl methyl sites for hydroxylation is 3. The molecule has 0 aliphatic carbocycles. The molecule has 0 amide bonds. The standard InChI is InChI=1S/C21H27NO3S2/c1-14-8-10-17(11-9-14)19-22-18(15(2)25-19)7-5-4-6-16-12-26-21(3,20(23)24)27-13-16/h8-11,16H,4-7,12-13H2,1-3H3,(H,23,24). The molecular weight excluding hydrogens is 378 g/mol. The Kier molecular flexibility index (Phi) is 6.58. The van der Waals surface area contributed by atoms with E-state index in [1.165, 1.54) is 5.56 Å². The van der Waals surface area contributed by atoms with Crippen molar-refractivity contribution in [1.82, 2.24) is 4.98 Å².